The Morgan fingerprint density at radius 1 is 1.57 bits per heavy atom. The van der Waals surface area contributed by atoms with E-state index < -0.39 is 12.6 Å². The van der Waals surface area contributed by atoms with Crippen molar-refractivity contribution in [2.24, 2.45) is 10.9 Å². The highest BCUT2D eigenvalue weighted by molar-refractivity contribution is 8.13. The van der Waals surface area contributed by atoms with E-state index in [1.807, 2.05) is 0 Å². The molecule has 0 aromatic rings. The topological polar surface area (TPSA) is 24.4 Å². The van der Waals surface area contributed by atoms with Crippen molar-refractivity contribution in [3.8, 4) is 0 Å². The van der Waals surface area contributed by atoms with Gasteiger partial charge in [0.05, 0.1) is 6.42 Å². The summed E-state index contributed by atoms with van der Waals surface area (Å²) >= 11 is 1.49. The lowest BCUT2D eigenvalue weighted by molar-refractivity contribution is -0.132. The summed E-state index contributed by atoms with van der Waals surface area (Å²) in [4.78, 5) is 4.13. The summed E-state index contributed by atoms with van der Waals surface area (Å²) < 4.78 is 35.4. The van der Waals surface area contributed by atoms with Crippen LogP contribution in [0.3, 0.4) is 0 Å². The first-order valence-electron chi connectivity index (χ1n) is 4.45. The lowest BCUT2D eigenvalue weighted by Crippen LogP contribution is -2.29. The predicted octanol–water partition coefficient (Wildman–Crippen LogP) is 2.27. The molecular weight excluding hydrogens is 213 g/mol. The number of rotatable bonds is 2. The Hall–Kier alpha value is -0.390. The molecule has 6 heteroatoms. The minimum Gasteiger partial charge on any atom is -0.365 e. The molecule has 0 saturated carbocycles. The molecule has 0 radical (unpaired) electrons. The fourth-order valence-corrected chi connectivity index (χ4v) is 1.89. The number of thioether (sulfide) groups is 1. The summed E-state index contributed by atoms with van der Waals surface area (Å²) in [5.74, 6) is 1.45. The maximum absolute atomic E-state index is 11.8. The third kappa shape index (κ3) is 4.74. The first-order valence-corrected chi connectivity index (χ1v) is 5.44. The van der Waals surface area contributed by atoms with Crippen LogP contribution in [-0.2, 0) is 0 Å². The van der Waals surface area contributed by atoms with Gasteiger partial charge in [-0.2, -0.15) is 13.2 Å². The van der Waals surface area contributed by atoms with Crippen LogP contribution in [0.4, 0.5) is 13.2 Å². The second-order valence-corrected chi connectivity index (χ2v) is 4.36. The summed E-state index contributed by atoms with van der Waals surface area (Å²) in [6, 6.07) is 0. The largest absolute Gasteiger partial charge is 0.390 e. The number of nitrogens with one attached hydrogen (secondary N) is 1. The van der Waals surface area contributed by atoms with Crippen molar-refractivity contribution >= 4 is 16.9 Å². The van der Waals surface area contributed by atoms with E-state index in [0.717, 1.165) is 5.75 Å². The maximum Gasteiger partial charge on any atom is 0.390 e. The van der Waals surface area contributed by atoms with Gasteiger partial charge in [-0.1, -0.05) is 18.7 Å². The van der Waals surface area contributed by atoms with Gasteiger partial charge in [-0.3, -0.25) is 4.99 Å². The van der Waals surface area contributed by atoms with E-state index in [4.69, 9.17) is 0 Å². The Labute approximate surface area is 85.4 Å². The van der Waals surface area contributed by atoms with Crippen molar-refractivity contribution < 1.29 is 13.2 Å². The van der Waals surface area contributed by atoms with E-state index >= 15 is 0 Å². The molecule has 0 aromatic carbocycles. The van der Waals surface area contributed by atoms with Crippen molar-refractivity contribution in [3.63, 3.8) is 0 Å². The first kappa shape index (κ1) is 11.7. The summed E-state index contributed by atoms with van der Waals surface area (Å²) in [6.07, 6.45) is -4.89. The second kappa shape index (κ2) is 4.91. The Balaban J connectivity index is 2.19. The third-order valence-electron chi connectivity index (χ3n) is 1.74. The zero-order chi connectivity index (χ0) is 10.6. The van der Waals surface area contributed by atoms with Crippen molar-refractivity contribution in [2.45, 2.75) is 19.5 Å². The second-order valence-electron chi connectivity index (χ2n) is 3.35. The van der Waals surface area contributed by atoms with Gasteiger partial charge in [-0.25, -0.2) is 0 Å². The smallest absolute Gasteiger partial charge is 0.365 e. The van der Waals surface area contributed by atoms with Crippen LogP contribution >= 0.6 is 11.8 Å². The molecule has 1 aliphatic heterocycles. The van der Waals surface area contributed by atoms with Crippen LogP contribution in [0.1, 0.15) is 13.3 Å². The van der Waals surface area contributed by atoms with Crippen LogP contribution in [-0.4, -0.2) is 30.2 Å². The van der Waals surface area contributed by atoms with Crippen LogP contribution < -0.4 is 5.32 Å². The monoisotopic (exact) mass is 226 g/mol. The molecule has 2 nitrogen and oxygen atoms in total. The van der Waals surface area contributed by atoms with E-state index in [9.17, 15) is 13.2 Å². The minimum atomic E-state index is -4.08. The SMILES string of the molecule is CC1CN=C(NCCC(F)(F)F)SC1. The maximum atomic E-state index is 11.8. The molecule has 1 rings (SSSR count). The van der Waals surface area contributed by atoms with Crippen LogP contribution in [0.25, 0.3) is 0 Å². The number of hydrogen-bond acceptors (Lipinski definition) is 3. The van der Waals surface area contributed by atoms with E-state index in [1.165, 1.54) is 11.8 Å². The molecule has 0 amide bonds. The summed E-state index contributed by atoms with van der Waals surface area (Å²) in [6.45, 7) is 2.70. The predicted molar refractivity (Wildman–Crippen MR) is 52.6 cm³/mol. The van der Waals surface area contributed by atoms with Gasteiger partial charge in [0.2, 0.25) is 0 Å². The average molecular weight is 226 g/mol. The van der Waals surface area contributed by atoms with Gasteiger partial charge in [-0.15, -0.1) is 0 Å². The standard InChI is InChI=1S/C8H13F3N2S/c1-6-4-13-7(14-5-6)12-3-2-8(9,10)11/h6H,2-5H2,1H3,(H,12,13). The molecule has 1 N–H and O–H groups in total. The number of hydrogen-bond donors (Lipinski definition) is 1. The molecule has 1 atom stereocenters. The van der Waals surface area contributed by atoms with Crippen molar-refractivity contribution in [2.75, 3.05) is 18.8 Å². The molecule has 1 aliphatic rings. The Morgan fingerprint density at radius 2 is 2.29 bits per heavy atom. The molecule has 82 valence electrons. The Morgan fingerprint density at radius 3 is 2.79 bits per heavy atom. The molecule has 1 unspecified atom stereocenters. The first-order chi connectivity index (χ1) is 6.47. The molecular formula is C8H13F3N2S. The van der Waals surface area contributed by atoms with Gasteiger partial charge in [0.25, 0.3) is 0 Å². The van der Waals surface area contributed by atoms with Crippen molar-refractivity contribution in [1.29, 1.82) is 0 Å². The van der Waals surface area contributed by atoms with E-state index in [-0.39, 0.29) is 6.54 Å². The lowest BCUT2D eigenvalue weighted by Gasteiger charge is -2.18. The normalized spacial score (nSPS) is 23.1. The molecule has 0 aliphatic carbocycles. The van der Waals surface area contributed by atoms with E-state index in [2.05, 4.69) is 17.2 Å². The summed E-state index contributed by atoms with van der Waals surface area (Å²) in [5.41, 5.74) is 0. The zero-order valence-corrected chi connectivity index (χ0v) is 8.71. The zero-order valence-electron chi connectivity index (χ0n) is 7.90. The third-order valence-corrected chi connectivity index (χ3v) is 3.02. The van der Waals surface area contributed by atoms with Gasteiger partial charge in [-0.05, 0) is 5.92 Å². The number of nitrogens with zero attached hydrogens (tertiary/aromatic N) is 1. The number of halogens is 3. The van der Waals surface area contributed by atoms with Gasteiger partial charge in [0, 0.05) is 18.8 Å². The van der Waals surface area contributed by atoms with Gasteiger partial charge < -0.3 is 5.32 Å². The van der Waals surface area contributed by atoms with Gasteiger partial charge in [0.15, 0.2) is 5.17 Å². The fraction of sp³-hybridized carbons (Fsp3) is 0.875. The number of amidine groups is 1. The van der Waals surface area contributed by atoms with Crippen LogP contribution in [0.5, 0.6) is 0 Å². The minimum absolute atomic E-state index is 0.0796. The molecule has 14 heavy (non-hydrogen) atoms. The Kier molecular flexibility index (Phi) is 4.10. The molecule has 0 aromatic heterocycles. The Bertz CT molecular complexity index is 215. The van der Waals surface area contributed by atoms with Crippen LogP contribution in [0.15, 0.2) is 4.99 Å². The van der Waals surface area contributed by atoms with E-state index in [0.29, 0.717) is 17.6 Å². The molecule has 0 bridgehead atoms. The summed E-state index contributed by atoms with van der Waals surface area (Å²) in [7, 11) is 0. The van der Waals surface area contributed by atoms with Crippen LogP contribution in [0, 0.1) is 5.92 Å². The van der Waals surface area contributed by atoms with Crippen molar-refractivity contribution in [3.05, 3.63) is 0 Å². The quantitative estimate of drug-likeness (QED) is 0.781. The molecule has 0 spiro atoms. The highest BCUT2D eigenvalue weighted by Gasteiger charge is 2.26. The van der Waals surface area contributed by atoms with Crippen LogP contribution in [0.2, 0.25) is 0 Å². The lowest BCUT2D eigenvalue weighted by atomic mass is 10.2. The average Bonchev–Trinajstić information content (AvgIpc) is 2.06. The number of alkyl halides is 3. The molecule has 1 heterocycles. The fourth-order valence-electron chi connectivity index (χ4n) is 0.976. The summed E-state index contributed by atoms with van der Waals surface area (Å²) in [5, 5.41) is 3.34. The number of aliphatic imine (C=N–C) groups is 1. The molecule has 0 fully saturated rings. The highest BCUT2D eigenvalue weighted by Crippen LogP contribution is 2.19. The van der Waals surface area contributed by atoms with E-state index in [1.54, 1.807) is 0 Å². The molecule has 0 saturated heterocycles. The van der Waals surface area contributed by atoms with Gasteiger partial charge in [0.1, 0.15) is 0 Å². The highest BCUT2D eigenvalue weighted by atomic mass is 32.2. The van der Waals surface area contributed by atoms with Gasteiger partial charge >= 0.3 is 6.18 Å². The van der Waals surface area contributed by atoms with Crippen molar-refractivity contribution in [1.82, 2.24) is 5.32 Å².